The minimum absolute atomic E-state index is 0.0162. The number of allylic oxidation sites excluding steroid dienone is 4. The van der Waals surface area contributed by atoms with Crippen molar-refractivity contribution in [3.63, 3.8) is 0 Å². The van der Waals surface area contributed by atoms with Crippen molar-refractivity contribution in [2.45, 2.75) is 110 Å². The number of ether oxygens (including phenoxy) is 3. The molecule has 0 aromatic carbocycles. The number of Topliss-reactive ketones (excluding diaryl/α,β-unsaturated/α-hetero) is 1. The SMILES string of the molecule is CC(C)C(=O)OCC(=O)[C@@]12O[C@H](C3CCCCC3)OC1C[C@H]1[C@@H]3CCC4=CC(=O)C=C[C@]4(C)[C@H]3C(O)C[C@@]12C. The van der Waals surface area contributed by atoms with Gasteiger partial charge >= 0.3 is 5.97 Å². The fourth-order valence-corrected chi connectivity index (χ4v) is 9.62. The van der Waals surface area contributed by atoms with Crippen LogP contribution < -0.4 is 0 Å². The highest BCUT2D eigenvalue weighted by Crippen LogP contribution is 2.70. The Hall–Kier alpha value is -1.83. The van der Waals surface area contributed by atoms with Gasteiger partial charge in [0.1, 0.15) is 0 Å². The van der Waals surface area contributed by atoms with E-state index in [-0.39, 0.29) is 53.2 Å². The predicted octanol–water partition coefficient (Wildman–Crippen LogP) is 4.70. The van der Waals surface area contributed by atoms with Gasteiger partial charge in [0.05, 0.1) is 18.1 Å². The van der Waals surface area contributed by atoms with Gasteiger partial charge in [-0.3, -0.25) is 14.4 Å². The molecule has 5 aliphatic carbocycles. The normalized spacial score (nSPS) is 45.3. The molecule has 6 aliphatic rings. The number of hydrogen-bond donors (Lipinski definition) is 1. The number of hydrogen-bond acceptors (Lipinski definition) is 7. The van der Waals surface area contributed by atoms with Crippen molar-refractivity contribution in [2.24, 2.45) is 40.4 Å². The molecule has 6 rings (SSSR count). The monoisotopic (exact) mass is 540 g/mol. The minimum Gasteiger partial charge on any atom is -0.457 e. The molecular weight excluding hydrogens is 496 g/mol. The van der Waals surface area contributed by atoms with E-state index < -0.39 is 35.5 Å². The molecule has 9 atom stereocenters. The number of aliphatic hydroxyl groups is 1. The lowest BCUT2D eigenvalue weighted by Gasteiger charge is -2.59. The van der Waals surface area contributed by atoms with Crippen LogP contribution >= 0.6 is 0 Å². The van der Waals surface area contributed by atoms with Crippen molar-refractivity contribution in [2.75, 3.05) is 6.61 Å². The Labute approximate surface area is 231 Å². The topological polar surface area (TPSA) is 99.1 Å². The van der Waals surface area contributed by atoms with E-state index in [2.05, 4.69) is 13.8 Å². The summed E-state index contributed by atoms with van der Waals surface area (Å²) in [4.78, 5) is 38.7. The predicted molar refractivity (Wildman–Crippen MR) is 143 cm³/mol. The number of carbonyl (C=O) groups is 3. The fraction of sp³-hybridized carbons (Fsp3) is 0.781. The van der Waals surface area contributed by atoms with Crippen LogP contribution in [0.3, 0.4) is 0 Å². The third-order valence-electron chi connectivity index (χ3n) is 11.5. The van der Waals surface area contributed by atoms with Crippen molar-refractivity contribution in [1.82, 2.24) is 0 Å². The summed E-state index contributed by atoms with van der Waals surface area (Å²) >= 11 is 0. The first kappa shape index (κ1) is 27.3. The molecule has 5 fully saturated rings. The molecule has 7 heteroatoms. The lowest BCUT2D eigenvalue weighted by atomic mass is 9.46. The summed E-state index contributed by atoms with van der Waals surface area (Å²) in [6.07, 6.45) is 12.2. The number of esters is 1. The van der Waals surface area contributed by atoms with Crippen LogP contribution in [0, 0.1) is 40.4 Å². The van der Waals surface area contributed by atoms with Gasteiger partial charge in [-0.1, -0.05) is 58.6 Å². The first-order valence-electron chi connectivity index (χ1n) is 15.2. The molecule has 0 spiro atoms. The van der Waals surface area contributed by atoms with Gasteiger partial charge in [-0.15, -0.1) is 0 Å². The Kier molecular flexibility index (Phi) is 6.75. The van der Waals surface area contributed by atoms with E-state index in [1.807, 2.05) is 6.08 Å². The van der Waals surface area contributed by atoms with Crippen LogP contribution in [0.25, 0.3) is 0 Å². The van der Waals surface area contributed by atoms with Gasteiger partial charge in [0.2, 0.25) is 5.78 Å². The van der Waals surface area contributed by atoms with Gasteiger partial charge in [0.25, 0.3) is 0 Å². The average Bonchev–Trinajstić information content (AvgIpc) is 3.41. The van der Waals surface area contributed by atoms with E-state index in [4.69, 9.17) is 14.2 Å². The highest BCUT2D eigenvalue weighted by molar-refractivity contribution is 6.01. The average molecular weight is 541 g/mol. The van der Waals surface area contributed by atoms with Crippen LogP contribution in [-0.2, 0) is 28.6 Å². The van der Waals surface area contributed by atoms with Crippen LogP contribution in [0.15, 0.2) is 23.8 Å². The summed E-state index contributed by atoms with van der Waals surface area (Å²) in [5, 5.41) is 11.9. The molecule has 0 amide bonds. The third-order valence-corrected chi connectivity index (χ3v) is 11.5. The molecule has 1 heterocycles. The van der Waals surface area contributed by atoms with E-state index in [1.165, 1.54) is 6.42 Å². The number of fused-ring (bicyclic) bond motifs is 7. The van der Waals surface area contributed by atoms with Gasteiger partial charge in [0, 0.05) is 22.7 Å². The summed E-state index contributed by atoms with van der Waals surface area (Å²) in [6, 6.07) is 0. The van der Waals surface area contributed by atoms with Gasteiger partial charge in [-0.05, 0) is 62.5 Å². The maximum Gasteiger partial charge on any atom is 0.308 e. The first-order valence-corrected chi connectivity index (χ1v) is 15.2. The number of aliphatic hydroxyl groups excluding tert-OH is 1. The molecule has 39 heavy (non-hydrogen) atoms. The Morgan fingerprint density at radius 2 is 1.90 bits per heavy atom. The van der Waals surface area contributed by atoms with E-state index in [0.717, 1.165) is 44.1 Å². The molecule has 2 unspecified atom stereocenters. The molecule has 214 valence electrons. The number of carbonyl (C=O) groups excluding carboxylic acids is 3. The van der Waals surface area contributed by atoms with Crippen LogP contribution in [0.4, 0.5) is 0 Å². The summed E-state index contributed by atoms with van der Waals surface area (Å²) in [7, 11) is 0. The van der Waals surface area contributed by atoms with Crippen molar-refractivity contribution in [3.8, 4) is 0 Å². The standard InChI is InChI=1S/C32H44O7/c1-18(2)28(36)37-17-25(35)32-26(38-29(39-32)19-8-6-5-7-9-19)15-23-22-11-10-20-14-21(33)12-13-30(20,3)27(22)24(34)16-31(23,32)4/h12-14,18-19,22-24,26-27,29,34H,5-11,15-17H2,1-4H3/t22-,23-,24?,26?,27+,29+,30-,31-,32+/m0/s1. The van der Waals surface area contributed by atoms with Gasteiger partial charge in [0.15, 0.2) is 24.3 Å². The van der Waals surface area contributed by atoms with Crippen LogP contribution in [0.2, 0.25) is 0 Å². The molecular formula is C32H44O7. The van der Waals surface area contributed by atoms with Crippen molar-refractivity contribution in [1.29, 1.82) is 0 Å². The second-order valence-electron chi connectivity index (χ2n) is 13.9. The molecule has 1 saturated heterocycles. The smallest absolute Gasteiger partial charge is 0.308 e. The van der Waals surface area contributed by atoms with Crippen molar-refractivity contribution < 1.29 is 33.7 Å². The van der Waals surface area contributed by atoms with E-state index in [1.54, 1.807) is 26.0 Å². The van der Waals surface area contributed by atoms with Crippen LogP contribution in [0.5, 0.6) is 0 Å². The molecule has 4 saturated carbocycles. The summed E-state index contributed by atoms with van der Waals surface area (Å²) in [5.74, 6) is -0.471. The Balaban J connectivity index is 1.35. The van der Waals surface area contributed by atoms with E-state index in [9.17, 15) is 19.5 Å². The van der Waals surface area contributed by atoms with Crippen molar-refractivity contribution in [3.05, 3.63) is 23.8 Å². The number of rotatable bonds is 5. The number of ketones is 2. The minimum atomic E-state index is -1.25. The third kappa shape index (κ3) is 3.97. The zero-order valence-corrected chi connectivity index (χ0v) is 23.8. The maximum absolute atomic E-state index is 14.2. The maximum atomic E-state index is 14.2. The van der Waals surface area contributed by atoms with Crippen LogP contribution in [0.1, 0.15) is 85.5 Å². The molecule has 0 aromatic rings. The zero-order valence-electron chi connectivity index (χ0n) is 23.8. The first-order chi connectivity index (χ1) is 18.5. The molecule has 1 aliphatic heterocycles. The molecule has 0 radical (unpaired) electrons. The molecule has 7 nitrogen and oxygen atoms in total. The molecule has 1 N–H and O–H groups in total. The summed E-state index contributed by atoms with van der Waals surface area (Å²) in [6.45, 7) is 7.44. The second-order valence-corrected chi connectivity index (χ2v) is 13.9. The second kappa shape index (κ2) is 9.63. The van der Waals surface area contributed by atoms with Gasteiger partial charge in [-0.2, -0.15) is 0 Å². The van der Waals surface area contributed by atoms with Crippen LogP contribution in [-0.4, -0.2) is 53.3 Å². The van der Waals surface area contributed by atoms with Gasteiger partial charge in [-0.25, -0.2) is 0 Å². The lowest BCUT2D eigenvalue weighted by Crippen LogP contribution is -2.63. The highest BCUT2D eigenvalue weighted by Gasteiger charge is 2.76. The highest BCUT2D eigenvalue weighted by atomic mass is 16.7. The molecule has 0 bridgehead atoms. The largest absolute Gasteiger partial charge is 0.457 e. The Morgan fingerprint density at radius 3 is 2.62 bits per heavy atom. The Morgan fingerprint density at radius 1 is 1.15 bits per heavy atom. The lowest BCUT2D eigenvalue weighted by molar-refractivity contribution is -0.210. The van der Waals surface area contributed by atoms with Crippen molar-refractivity contribution >= 4 is 17.5 Å². The quantitative estimate of drug-likeness (QED) is 0.505. The summed E-state index contributed by atoms with van der Waals surface area (Å²) < 4.78 is 19.0. The van der Waals surface area contributed by atoms with E-state index in [0.29, 0.717) is 12.8 Å². The summed E-state index contributed by atoms with van der Waals surface area (Å²) in [5.41, 5.74) is -1.19. The van der Waals surface area contributed by atoms with Gasteiger partial charge < -0.3 is 19.3 Å². The zero-order chi connectivity index (χ0) is 27.7. The fourth-order valence-electron chi connectivity index (χ4n) is 9.62. The Bertz CT molecular complexity index is 1100. The van der Waals surface area contributed by atoms with E-state index >= 15 is 0 Å². The molecule has 0 aromatic heterocycles.